The van der Waals surface area contributed by atoms with Gasteiger partial charge < -0.3 is 10.2 Å². The Morgan fingerprint density at radius 2 is 1.96 bits per heavy atom. The van der Waals surface area contributed by atoms with E-state index < -0.39 is 0 Å². The number of anilines is 1. The first kappa shape index (κ1) is 15.9. The third-order valence-electron chi connectivity index (χ3n) is 4.02. The fourth-order valence-electron chi connectivity index (χ4n) is 2.77. The standard InChI is InChI=1S/C17H18N4O3/c22-15-9-8-14(19-20-15)17(24)21-10-4-5-12(11-21)16(23)18-13-6-2-1-3-7-13/h1-3,6-9,12H,4-5,10-11H2,(H,18,23)(H,20,22). The molecule has 0 aliphatic carbocycles. The summed E-state index contributed by atoms with van der Waals surface area (Å²) in [5.41, 5.74) is 0.567. The number of hydrogen-bond acceptors (Lipinski definition) is 4. The van der Waals surface area contributed by atoms with E-state index in [2.05, 4.69) is 15.5 Å². The summed E-state index contributed by atoms with van der Waals surface area (Å²) in [6.45, 7) is 0.924. The van der Waals surface area contributed by atoms with E-state index in [9.17, 15) is 14.4 Å². The summed E-state index contributed by atoms with van der Waals surface area (Å²) in [6, 6.07) is 11.9. The lowest BCUT2D eigenvalue weighted by Gasteiger charge is -2.31. The Balaban J connectivity index is 1.65. The summed E-state index contributed by atoms with van der Waals surface area (Å²) in [5, 5.41) is 8.89. The first-order valence-electron chi connectivity index (χ1n) is 7.84. The van der Waals surface area contributed by atoms with Crippen LogP contribution in [0.3, 0.4) is 0 Å². The van der Waals surface area contributed by atoms with Crippen molar-refractivity contribution in [3.63, 3.8) is 0 Å². The van der Waals surface area contributed by atoms with Crippen molar-refractivity contribution >= 4 is 17.5 Å². The lowest BCUT2D eigenvalue weighted by atomic mass is 9.96. The molecular weight excluding hydrogens is 308 g/mol. The van der Waals surface area contributed by atoms with E-state index in [0.717, 1.165) is 18.5 Å². The van der Waals surface area contributed by atoms with Crippen LogP contribution in [-0.4, -0.2) is 40.0 Å². The van der Waals surface area contributed by atoms with Crippen molar-refractivity contribution in [3.05, 3.63) is 58.5 Å². The maximum absolute atomic E-state index is 12.4. The van der Waals surface area contributed by atoms with Crippen LogP contribution in [0.4, 0.5) is 5.69 Å². The molecule has 7 heteroatoms. The molecule has 3 rings (SSSR count). The van der Waals surface area contributed by atoms with Crippen molar-refractivity contribution in [1.82, 2.24) is 15.1 Å². The minimum atomic E-state index is -0.356. The van der Waals surface area contributed by atoms with Gasteiger partial charge in [0.2, 0.25) is 5.91 Å². The number of H-pyrrole nitrogens is 1. The van der Waals surface area contributed by atoms with E-state index in [1.165, 1.54) is 12.1 Å². The Hall–Kier alpha value is -2.96. The zero-order valence-corrected chi connectivity index (χ0v) is 13.1. The van der Waals surface area contributed by atoms with E-state index in [4.69, 9.17) is 0 Å². The van der Waals surface area contributed by atoms with Gasteiger partial charge in [0.1, 0.15) is 5.69 Å². The summed E-state index contributed by atoms with van der Waals surface area (Å²) >= 11 is 0. The third kappa shape index (κ3) is 3.68. The number of hydrogen-bond donors (Lipinski definition) is 2. The Labute approximate surface area is 138 Å². The molecule has 1 aromatic heterocycles. The highest BCUT2D eigenvalue weighted by Gasteiger charge is 2.29. The number of rotatable bonds is 3. The number of nitrogens with one attached hydrogen (secondary N) is 2. The summed E-state index contributed by atoms with van der Waals surface area (Å²) in [6.07, 6.45) is 1.49. The molecule has 0 spiro atoms. The summed E-state index contributed by atoms with van der Waals surface area (Å²) in [7, 11) is 0. The van der Waals surface area contributed by atoms with Gasteiger partial charge in [-0.05, 0) is 31.0 Å². The number of para-hydroxylation sites is 1. The smallest absolute Gasteiger partial charge is 0.274 e. The summed E-state index contributed by atoms with van der Waals surface area (Å²) in [4.78, 5) is 37.5. The topological polar surface area (TPSA) is 95.2 Å². The van der Waals surface area contributed by atoms with Crippen LogP contribution in [-0.2, 0) is 4.79 Å². The minimum absolute atomic E-state index is 0.0897. The first-order chi connectivity index (χ1) is 11.6. The zero-order valence-electron chi connectivity index (χ0n) is 13.1. The van der Waals surface area contributed by atoms with Gasteiger partial charge in [-0.15, -0.1) is 0 Å². The maximum Gasteiger partial charge on any atom is 0.274 e. The number of benzene rings is 1. The van der Waals surface area contributed by atoms with Gasteiger partial charge in [0.25, 0.3) is 11.5 Å². The molecule has 2 heterocycles. The number of nitrogens with zero attached hydrogens (tertiary/aromatic N) is 2. The molecule has 1 atom stereocenters. The number of aromatic nitrogens is 2. The van der Waals surface area contributed by atoms with Crippen LogP contribution in [0.25, 0.3) is 0 Å². The van der Waals surface area contributed by atoms with Gasteiger partial charge in [-0.3, -0.25) is 14.4 Å². The number of carbonyl (C=O) groups is 2. The molecule has 1 aliphatic rings. The molecule has 7 nitrogen and oxygen atoms in total. The van der Waals surface area contributed by atoms with Crippen molar-refractivity contribution in [1.29, 1.82) is 0 Å². The Bertz CT molecular complexity index is 767. The molecule has 2 N–H and O–H groups in total. The van der Waals surface area contributed by atoms with Crippen molar-refractivity contribution < 1.29 is 9.59 Å². The normalized spacial score (nSPS) is 17.3. The van der Waals surface area contributed by atoms with Crippen LogP contribution in [0.1, 0.15) is 23.3 Å². The quantitative estimate of drug-likeness (QED) is 0.888. The Morgan fingerprint density at radius 3 is 2.67 bits per heavy atom. The molecule has 0 saturated carbocycles. The van der Waals surface area contributed by atoms with Crippen LogP contribution >= 0.6 is 0 Å². The second kappa shape index (κ2) is 7.08. The third-order valence-corrected chi connectivity index (χ3v) is 4.02. The average Bonchev–Trinajstić information content (AvgIpc) is 2.63. The number of amides is 2. The minimum Gasteiger partial charge on any atom is -0.336 e. The highest BCUT2D eigenvalue weighted by Crippen LogP contribution is 2.20. The molecule has 1 aliphatic heterocycles. The molecule has 0 radical (unpaired) electrons. The summed E-state index contributed by atoms with van der Waals surface area (Å²) in [5.74, 6) is -0.623. The average molecular weight is 326 g/mol. The lowest BCUT2D eigenvalue weighted by molar-refractivity contribution is -0.121. The molecule has 124 valence electrons. The number of piperidine rings is 1. The van der Waals surface area contributed by atoms with Gasteiger partial charge in [-0.1, -0.05) is 18.2 Å². The van der Waals surface area contributed by atoms with E-state index in [-0.39, 0.29) is 29.0 Å². The van der Waals surface area contributed by atoms with Gasteiger partial charge in [0.15, 0.2) is 0 Å². The fraction of sp³-hybridized carbons (Fsp3) is 0.294. The van der Waals surface area contributed by atoms with E-state index in [1.54, 1.807) is 4.90 Å². The second-order valence-electron chi connectivity index (χ2n) is 5.75. The molecule has 2 aromatic rings. The van der Waals surface area contributed by atoms with Crippen LogP contribution in [0.5, 0.6) is 0 Å². The van der Waals surface area contributed by atoms with Crippen molar-refractivity contribution in [2.45, 2.75) is 12.8 Å². The predicted octanol–water partition coefficient (Wildman–Crippen LogP) is 1.26. The predicted molar refractivity (Wildman–Crippen MR) is 88.6 cm³/mol. The Morgan fingerprint density at radius 1 is 1.17 bits per heavy atom. The highest BCUT2D eigenvalue weighted by molar-refractivity contribution is 5.95. The van der Waals surface area contributed by atoms with Gasteiger partial charge in [0, 0.05) is 24.8 Å². The number of likely N-dealkylation sites (tertiary alicyclic amines) is 1. The van der Waals surface area contributed by atoms with E-state index in [0.29, 0.717) is 13.1 Å². The van der Waals surface area contributed by atoms with Crippen molar-refractivity contribution in [2.75, 3.05) is 18.4 Å². The molecule has 24 heavy (non-hydrogen) atoms. The Kier molecular flexibility index (Phi) is 4.69. The van der Waals surface area contributed by atoms with Crippen molar-refractivity contribution in [2.24, 2.45) is 5.92 Å². The van der Waals surface area contributed by atoms with Crippen LogP contribution < -0.4 is 10.9 Å². The fourth-order valence-corrected chi connectivity index (χ4v) is 2.77. The van der Waals surface area contributed by atoms with Gasteiger partial charge in [0.05, 0.1) is 5.92 Å². The highest BCUT2D eigenvalue weighted by atomic mass is 16.2. The van der Waals surface area contributed by atoms with Crippen LogP contribution in [0.2, 0.25) is 0 Å². The molecule has 1 fully saturated rings. The largest absolute Gasteiger partial charge is 0.336 e. The molecule has 1 aromatic carbocycles. The van der Waals surface area contributed by atoms with Gasteiger partial charge >= 0.3 is 0 Å². The van der Waals surface area contributed by atoms with Gasteiger partial charge in [-0.25, -0.2) is 5.10 Å². The van der Waals surface area contributed by atoms with E-state index >= 15 is 0 Å². The number of carbonyl (C=O) groups excluding carboxylic acids is 2. The van der Waals surface area contributed by atoms with Gasteiger partial charge in [-0.2, -0.15) is 5.10 Å². The monoisotopic (exact) mass is 326 g/mol. The molecule has 1 saturated heterocycles. The summed E-state index contributed by atoms with van der Waals surface area (Å²) < 4.78 is 0. The van der Waals surface area contributed by atoms with Crippen molar-refractivity contribution in [3.8, 4) is 0 Å². The zero-order chi connectivity index (χ0) is 16.9. The van der Waals surface area contributed by atoms with E-state index in [1.807, 2.05) is 30.3 Å². The molecule has 0 bridgehead atoms. The molecule has 2 amide bonds. The van der Waals surface area contributed by atoms with Crippen LogP contribution in [0.15, 0.2) is 47.3 Å². The number of aromatic amines is 1. The van der Waals surface area contributed by atoms with Crippen LogP contribution in [0, 0.1) is 5.92 Å². The second-order valence-corrected chi connectivity index (χ2v) is 5.75. The maximum atomic E-state index is 12.4. The lowest BCUT2D eigenvalue weighted by Crippen LogP contribution is -2.44. The molecular formula is C17H18N4O3. The first-order valence-corrected chi connectivity index (χ1v) is 7.84. The SMILES string of the molecule is O=C(Nc1ccccc1)C1CCCN(C(=O)c2ccc(=O)[nH]n2)C1. The molecule has 1 unspecified atom stereocenters.